The van der Waals surface area contributed by atoms with Gasteiger partial charge in [-0.2, -0.15) is 5.26 Å². The Bertz CT molecular complexity index is 2310. The highest BCUT2D eigenvalue weighted by atomic mass is 32.1. The van der Waals surface area contributed by atoms with Crippen LogP contribution in [-0.2, 0) is 0 Å². The van der Waals surface area contributed by atoms with E-state index in [4.69, 9.17) is 15.0 Å². The molecule has 0 aliphatic rings. The van der Waals surface area contributed by atoms with Gasteiger partial charge in [-0.05, 0) is 52.6 Å². The van der Waals surface area contributed by atoms with Gasteiger partial charge in [0, 0.05) is 36.9 Å². The van der Waals surface area contributed by atoms with Gasteiger partial charge in [-0.3, -0.25) is 0 Å². The number of hydrogen-bond acceptors (Lipinski definition) is 5. The van der Waals surface area contributed by atoms with E-state index in [1.54, 1.807) is 11.3 Å². The van der Waals surface area contributed by atoms with Crippen LogP contribution in [0.2, 0.25) is 0 Å². The summed E-state index contributed by atoms with van der Waals surface area (Å²) in [5.41, 5.74) is 7.82. The molecule has 0 atom stereocenters. The molecule has 0 saturated heterocycles. The van der Waals surface area contributed by atoms with Crippen molar-refractivity contribution in [3.05, 3.63) is 151 Å². The normalized spacial score (nSPS) is 11.1. The number of rotatable bonds is 5. The Kier molecular flexibility index (Phi) is 6.68. The summed E-state index contributed by atoms with van der Waals surface area (Å²) in [5.74, 6) is 1.88. The minimum Gasteiger partial charge on any atom is -0.208 e. The molecule has 5 heteroatoms. The Morgan fingerprint density at radius 3 is 1.71 bits per heavy atom. The number of aromatic nitrogens is 3. The highest BCUT2D eigenvalue weighted by molar-refractivity contribution is 7.26. The molecule has 210 valence electrons. The van der Waals surface area contributed by atoms with Crippen LogP contribution in [0.1, 0.15) is 5.56 Å². The highest BCUT2D eigenvalue weighted by Crippen LogP contribution is 2.45. The third-order valence-electron chi connectivity index (χ3n) is 7.98. The molecule has 0 radical (unpaired) electrons. The Hall–Kier alpha value is -5.96. The average Bonchev–Trinajstić information content (AvgIpc) is 3.51. The Balaban J connectivity index is 1.34. The molecule has 45 heavy (non-hydrogen) atoms. The fourth-order valence-corrected chi connectivity index (χ4v) is 6.95. The summed E-state index contributed by atoms with van der Waals surface area (Å²) in [6.07, 6.45) is 0. The van der Waals surface area contributed by atoms with Gasteiger partial charge in [-0.1, -0.05) is 115 Å². The predicted octanol–water partition coefficient (Wildman–Crippen LogP) is 10.4. The number of nitrogens with zero attached hydrogens (tertiary/aromatic N) is 4. The summed E-state index contributed by atoms with van der Waals surface area (Å²) in [6.45, 7) is 0. The van der Waals surface area contributed by atoms with Crippen LogP contribution in [0.25, 0.3) is 76.6 Å². The smallest absolute Gasteiger partial charge is 0.164 e. The summed E-state index contributed by atoms with van der Waals surface area (Å²) in [7, 11) is 0. The first-order valence-electron chi connectivity index (χ1n) is 14.7. The van der Waals surface area contributed by atoms with Crippen molar-refractivity contribution in [1.82, 2.24) is 15.0 Å². The minimum absolute atomic E-state index is 0.617. The molecule has 8 aromatic rings. The number of fused-ring (bicyclic) bond motifs is 3. The third kappa shape index (κ3) is 4.94. The van der Waals surface area contributed by atoms with Gasteiger partial charge in [0.15, 0.2) is 17.5 Å². The lowest BCUT2D eigenvalue weighted by molar-refractivity contribution is 1.07. The first kappa shape index (κ1) is 26.7. The molecule has 0 saturated carbocycles. The molecule has 0 bridgehead atoms. The van der Waals surface area contributed by atoms with Crippen molar-refractivity contribution >= 4 is 31.5 Å². The SMILES string of the molecule is N#Cc1ccc(-c2c(-c3cccc(-c4nc(-c5ccccc5)nc(-c5ccccc5)n4)c3)ccc3sc4ccccc4c23)cc1. The van der Waals surface area contributed by atoms with E-state index >= 15 is 0 Å². The fraction of sp³-hybridized carbons (Fsp3) is 0. The van der Waals surface area contributed by atoms with Crippen molar-refractivity contribution in [2.45, 2.75) is 0 Å². The zero-order valence-corrected chi connectivity index (χ0v) is 24.9. The van der Waals surface area contributed by atoms with Gasteiger partial charge in [0.25, 0.3) is 0 Å². The van der Waals surface area contributed by atoms with Crippen molar-refractivity contribution < 1.29 is 0 Å². The van der Waals surface area contributed by atoms with Crippen LogP contribution in [0.15, 0.2) is 146 Å². The van der Waals surface area contributed by atoms with Crippen molar-refractivity contribution in [3.63, 3.8) is 0 Å². The van der Waals surface area contributed by atoms with Gasteiger partial charge < -0.3 is 0 Å². The molecule has 2 heterocycles. The predicted molar refractivity (Wildman–Crippen MR) is 185 cm³/mol. The molecular formula is C40H24N4S. The maximum absolute atomic E-state index is 9.47. The quantitative estimate of drug-likeness (QED) is 0.199. The van der Waals surface area contributed by atoms with E-state index in [1.807, 2.05) is 72.8 Å². The molecule has 0 spiro atoms. The number of hydrogen-bond donors (Lipinski definition) is 0. The molecule has 0 fully saturated rings. The lowest BCUT2D eigenvalue weighted by atomic mass is 9.90. The van der Waals surface area contributed by atoms with Crippen molar-refractivity contribution in [3.8, 4) is 62.5 Å². The van der Waals surface area contributed by atoms with Gasteiger partial charge in [0.2, 0.25) is 0 Å². The average molecular weight is 593 g/mol. The minimum atomic E-state index is 0.617. The molecular weight excluding hydrogens is 569 g/mol. The summed E-state index contributed by atoms with van der Waals surface area (Å²) in [6, 6.07) is 51.6. The lowest BCUT2D eigenvalue weighted by Crippen LogP contribution is -2.00. The van der Waals surface area contributed by atoms with E-state index in [0.717, 1.165) is 38.9 Å². The Morgan fingerprint density at radius 1 is 0.467 bits per heavy atom. The Labute approximate surface area is 264 Å². The van der Waals surface area contributed by atoms with Crippen LogP contribution in [0.3, 0.4) is 0 Å². The molecule has 6 aromatic carbocycles. The van der Waals surface area contributed by atoms with E-state index in [-0.39, 0.29) is 0 Å². The largest absolute Gasteiger partial charge is 0.208 e. The highest BCUT2D eigenvalue weighted by Gasteiger charge is 2.18. The molecule has 0 aliphatic heterocycles. The zero-order chi connectivity index (χ0) is 30.2. The van der Waals surface area contributed by atoms with Crippen LogP contribution < -0.4 is 0 Å². The van der Waals surface area contributed by atoms with Crippen molar-refractivity contribution in [1.29, 1.82) is 5.26 Å². The topological polar surface area (TPSA) is 62.5 Å². The standard InChI is InChI=1S/C40H24N4S/c41-25-26-18-20-27(21-19-26)36-32(22-23-35-37(36)33-16-7-8-17-34(33)45-35)30-14-9-15-31(24-30)40-43-38(28-10-3-1-4-11-28)42-39(44-40)29-12-5-2-6-13-29/h1-24H. The molecule has 2 aromatic heterocycles. The molecule has 0 N–H and O–H groups in total. The maximum atomic E-state index is 9.47. The number of thiophene rings is 1. The summed E-state index contributed by atoms with van der Waals surface area (Å²) >= 11 is 1.80. The molecule has 8 rings (SSSR count). The number of nitriles is 1. The van der Waals surface area contributed by atoms with Crippen LogP contribution >= 0.6 is 11.3 Å². The van der Waals surface area contributed by atoms with E-state index in [2.05, 4.69) is 78.9 Å². The first-order valence-corrected chi connectivity index (χ1v) is 15.5. The van der Waals surface area contributed by atoms with E-state index in [1.165, 1.54) is 20.2 Å². The summed E-state index contributed by atoms with van der Waals surface area (Å²) in [5, 5.41) is 11.9. The van der Waals surface area contributed by atoms with Crippen LogP contribution in [0, 0.1) is 11.3 Å². The van der Waals surface area contributed by atoms with E-state index in [0.29, 0.717) is 23.0 Å². The van der Waals surface area contributed by atoms with Gasteiger partial charge in [0.1, 0.15) is 0 Å². The molecule has 0 aliphatic carbocycles. The molecule has 4 nitrogen and oxygen atoms in total. The second-order valence-corrected chi connectivity index (χ2v) is 11.9. The van der Waals surface area contributed by atoms with Gasteiger partial charge in [-0.15, -0.1) is 11.3 Å². The third-order valence-corrected chi connectivity index (χ3v) is 9.11. The van der Waals surface area contributed by atoms with E-state index in [9.17, 15) is 5.26 Å². The van der Waals surface area contributed by atoms with Gasteiger partial charge in [0.05, 0.1) is 11.6 Å². The summed E-state index contributed by atoms with van der Waals surface area (Å²) in [4.78, 5) is 14.8. The van der Waals surface area contributed by atoms with Crippen molar-refractivity contribution in [2.24, 2.45) is 0 Å². The van der Waals surface area contributed by atoms with Crippen LogP contribution in [0.4, 0.5) is 0 Å². The van der Waals surface area contributed by atoms with Crippen molar-refractivity contribution in [2.75, 3.05) is 0 Å². The summed E-state index contributed by atoms with van der Waals surface area (Å²) < 4.78 is 2.48. The monoisotopic (exact) mass is 592 g/mol. The van der Waals surface area contributed by atoms with Crippen LogP contribution in [-0.4, -0.2) is 15.0 Å². The van der Waals surface area contributed by atoms with Gasteiger partial charge in [-0.25, -0.2) is 15.0 Å². The fourth-order valence-electron chi connectivity index (χ4n) is 5.83. The first-order chi connectivity index (χ1) is 22.2. The lowest BCUT2D eigenvalue weighted by Gasteiger charge is -2.14. The second kappa shape index (κ2) is 11.3. The molecule has 0 amide bonds. The molecule has 0 unspecified atom stereocenters. The second-order valence-electron chi connectivity index (χ2n) is 10.8. The van der Waals surface area contributed by atoms with E-state index < -0.39 is 0 Å². The van der Waals surface area contributed by atoms with Crippen LogP contribution in [0.5, 0.6) is 0 Å². The maximum Gasteiger partial charge on any atom is 0.164 e. The zero-order valence-electron chi connectivity index (χ0n) is 24.1. The Morgan fingerprint density at radius 2 is 1.04 bits per heavy atom. The van der Waals surface area contributed by atoms with Gasteiger partial charge >= 0.3 is 0 Å². The number of benzene rings is 6.